The minimum Gasteiger partial charge on any atom is -0.267 e. The summed E-state index contributed by atoms with van der Waals surface area (Å²) in [5.74, 6) is 0. The maximum Gasteiger partial charge on any atom is 0.264 e. The van der Waals surface area contributed by atoms with Gasteiger partial charge in [0.2, 0.25) is 0 Å². The van der Waals surface area contributed by atoms with Gasteiger partial charge in [-0.25, -0.2) is 0 Å². The molecule has 2 unspecified atom stereocenters. The van der Waals surface area contributed by atoms with Gasteiger partial charge in [0.25, 0.3) is 10.1 Å². The Balaban J connectivity index is 2.30. The summed E-state index contributed by atoms with van der Waals surface area (Å²) in [5, 5.41) is 0. The summed E-state index contributed by atoms with van der Waals surface area (Å²) < 4.78 is 27.2. The first kappa shape index (κ1) is 15.2. The van der Waals surface area contributed by atoms with Crippen LogP contribution >= 0.6 is 0 Å². The van der Waals surface area contributed by atoms with Gasteiger partial charge in [0.05, 0.1) is 20.4 Å². The van der Waals surface area contributed by atoms with Gasteiger partial charge in [-0.15, -0.1) is 0 Å². The van der Waals surface area contributed by atoms with E-state index in [-0.39, 0.29) is 6.10 Å². The molecule has 0 bridgehead atoms. The lowest BCUT2D eigenvalue weighted by atomic mass is 10.2. The number of unbranched alkanes of at least 4 members (excludes halogenated alkanes) is 3. The van der Waals surface area contributed by atoms with E-state index in [1.54, 1.807) is 0 Å². The average molecular weight is 278 g/mol. The second-order valence-electron chi connectivity index (χ2n) is 5.98. The Morgan fingerprint density at radius 1 is 1.24 bits per heavy atom. The molecule has 1 fully saturated rings. The molecule has 2 atom stereocenters. The molecule has 0 aromatic heterocycles. The van der Waals surface area contributed by atoms with Gasteiger partial charge in [0.15, 0.2) is 0 Å². The topological polar surface area (TPSA) is 43.4 Å². The molecule has 1 rings (SSSR count). The van der Waals surface area contributed by atoms with Crippen molar-refractivity contribution in [1.29, 1.82) is 0 Å². The van der Waals surface area contributed by atoms with Crippen molar-refractivity contribution in [2.75, 3.05) is 6.26 Å². The van der Waals surface area contributed by atoms with Crippen LogP contribution < -0.4 is 0 Å². The van der Waals surface area contributed by atoms with Crippen molar-refractivity contribution in [1.82, 2.24) is 0 Å². The summed E-state index contributed by atoms with van der Waals surface area (Å²) in [5.41, 5.74) is 0.554. The Morgan fingerprint density at radius 2 is 1.88 bits per heavy atom. The van der Waals surface area contributed by atoms with Gasteiger partial charge in [-0.3, -0.25) is 4.18 Å². The van der Waals surface area contributed by atoms with E-state index in [1.807, 2.05) is 0 Å². The highest BCUT2D eigenvalue weighted by molar-refractivity contribution is 7.86. The number of hydrogen-bond donors (Lipinski definition) is 0. The normalized spacial score (nSPS) is 24.9. The van der Waals surface area contributed by atoms with Crippen molar-refractivity contribution >= 4 is 18.2 Å². The second-order valence-corrected chi connectivity index (χ2v) is 12.8. The van der Waals surface area contributed by atoms with E-state index in [0.29, 0.717) is 5.54 Å². The van der Waals surface area contributed by atoms with Crippen LogP contribution in [0.1, 0.15) is 39.0 Å². The molecule has 0 heterocycles. The molecule has 1 aliphatic rings. The van der Waals surface area contributed by atoms with Crippen molar-refractivity contribution < 1.29 is 12.6 Å². The van der Waals surface area contributed by atoms with Crippen LogP contribution in [-0.4, -0.2) is 28.9 Å². The molecule has 0 spiro atoms. The molecule has 0 aromatic rings. The minimum atomic E-state index is -3.26. The largest absolute Gasteiger partial charge is 0.267 e. The summed E-state index contributed by atoms with van der Waals surface area (Å²) in [7, 11) is -4.53. The van der Waals surface area contributed by atoms with E-state index < -0.39 is 18.2 Å². The lowest BCUT2D eigenvalue weighted by molar-refractivity contribution is 0.308. The van der Waals surface area contributed by atoms with E-state index in [9.17, 15) is 8.42 Å². The molecule has 102 valence electrons. The molecule has 0 radical (unpaired) electrons. The van der Waals surface area contributed by atoms with Crippen molar-refractivity contribution in [3.8, 4) is 0 Å². The molecular weight excluding hydrogens is 252 g/mol. The third-order valence-corrected chi connectivity index (χ3v) is 8.56. The third-order valence-electron chi connectivity index (χ3n) is 3.71. The summed E-state index contributed by atoms with van der Waals surface area (Å²) in [6, 6.07) is 1.31. The van der Waals surface area contributed by atoms with E-state index in [4.69, 9.17) is 4.18 Å². The summed E-state index contributed by atoms with van der Waals surface area (Å²) in [4.78, 5) is 0. The fourth-order valence-corrected chi connectivity index (χ4v) is 6.75. The van der Waals surface area contributed by atoms with Gasteiger partial charge in [0, 0.05) is 0 Å². The quantitative estimate of drug-likeness (QED) is 0.388. The van der Waals surface area contributed by atoms with Gasteiger partial charge in [-0.05, 0) is 12.0 Å². The zero-order valence-electron chi connectivity index (χ0n) is 11.5. The lowest BCUT2D eigenvalue weighted by Gasteiger charge is -2.22. The Labute approximate surface area is 107 Å². The van der Waals surface area contributed by atoms with Gasteiger partial charge in [-0.1, -0.05) is 51.7 Å². The number of hydrogen-bond acceptors (Lipinski definition) is 3. The molecule has 1 saturated carbocycles. The Morgan fingerprint density at radius 3 is 2.41 bits per heavy atom. The Kier molecular flexibility index (Phi) is 5.22. The van der Waals surface area contributed by atoms with Crippen LogP contribution in [0.4, 0.5) is 0 Å². The van der Waals surface area contributed by atoms with Gasteiger partial charge in [-0.2, -0.15) is 8.42 Å². The van der Waals surface area contributed by atoms with E-state index in [0.717, 1.165) is 12.7 Å². The van der Waals surface area contributed by atoms with Crippen molar-refractivity contribution in [3.63, 3.8) is 0 Å². The van der Waals surface area contributed by atoms with Crippen LogP contribution in [0.15, 0.2) is 0 Å². The van der Waals surface area contributed by atoms with Crippen LogP contribution in [-0.2, 0) is 14.3 Å². The standard InChI is InChI=1S/C12H26O3SSi/c1-5-6-7-8-9-17(3,4)12-10-11(12)15-16(2,13)14/h11-12H,5-10H2,1-4H3. The molecule has 0 amide bonds. The zero-order chi connectivity index (χ0) is 13.1. The fraction of sp³-hybridized carbons (Fsp3) is 1.00. The maximum atomic E-state index is 11.0. The molecular formula is C12H26O3SSi. The van der Waals surface area contributed by atoms with Gasteiger partial charge < -0.3 is 0 Å². The average Bonchev–Trinajstić information content (AvgIpc) is 2.89. The minimum absolute atomic E-state index is 0.00200. The Bertz CT molecular complexity index is 338. The molecule has 0 aliphatic heterocycles. The highest BCUT2D eigenvalue weighted by atomic mass is 32.2. The molecule has 0 aromatic carbocycles. The van der Waals surface area contributed by atoms with Crippen LogP contribution in [0.25, 0.3) is 0 Å². The molecule has 1 aliphatic carbocycles. The first-order valence-electron chi connectivity index (χ1n) is 6.64. The predicted molar refractivity (Wildman–Crippen MR) is 74.5 cm³/mol. The van der Waals surface area contributed by atoms with E-state index >= 15 is 0 Å². The highest BCUT2D eigenvalue weighted by Gasteiger charge is 2.50. The zero-order valence-corrected chi connectivity index (χ0v) is 13.3. The first-order valence-corrected chi connectivity index (χ1v) is 11.7. The maximum absolute atomic E-state index is 11.0. The fourth-order valence-electron chi connectivity index (χ4n) is 2.52. The monoisotopic (exact) mass is 278 g/mol. The van der Waals surface area contributed by atoms with Crippen LogP contribution in [0.3, 0.4) is 0 Å². The van der Waals surface area contributed by atoms with E-state index in [1.165, 1.54) is 31.7 Å². The molecule has 0 saturated heterocycles. The predicted octanol–water partition coefficient (Wildman–Crippen LogP) is 3.39. The number of rotatable bonds is 8. The smallest absolute Gasteiger partial charge is 0.264 e. The van der Waals surface area contributed by atoms with Crippen LogP contribution in [0, 0.1) is 0 Å². The summed E-state index contributed by atoms with van der Waals surface area (Å²) in [6.45, 7) is 6.96. The van der Waals surface area contributed by atoms with Crippen molar-refractivity contribution in [2.24, 2.45) is 0 Å². The third kappa shape index (κ3) is 5.53. The van der Waals surface area contributed by atoms with Crippen LogP contribution in [0.5, 0.6) is 0 Å². The Hall–Kier alpha value is 0.127. The molecule has 3 nitrogen and oxygen atoms in total. The first-order chi connectivity index (χ1) is 7.76. The lowest BCUT2D eigenvalue weighted by Crippen LogP contribution is -2.27. The SMILES string of the molecule is CCCCCC[Si](C)(C)C1CC1OS(C)(=O)=O. The van der Waals surface area contributed by atoms with Crippen LogP contribution in [0.2, 0.25) is 24.7 Å². The van der Waals surface area contributed by atoms with Crippen molar-refractivity contribution in [2.45, 2.75) is 69.8 Å². The van der Waals surface area contributed by atoms with E-state index in [2.05, 4.69) is 20.0 Å². The summed E-state index contributed by atoms with van der Waals surface area (Å²) in [6.07, 6.45) is 7.31. The van der Waals surface area contributed by atoms with Crippen molar-refractivity contribution in [3.05, 3.63) is 0 Å². The molecule has 0 N–H and O–H groups in total. The molecule has 17 heavy (non-hydrogen) atoms. The van der Waals surface area contributed by atoms with Gasteiger partial charge in [0.1, 0.15) is 0 Å². The molecule has 5 heteroatoms. The second kappa shape index (κ2) is 5.84. The summed E-state index contributed by atoms with van der Waals surface area (Å²) >= 11 is 0. The van der Waals surface area contributed by atoms with Gasteiger partial charge >= 0.3 is 0 Å². The highest BCUT2D eigenvalue weighted by Crippen LogP contribution is 2.50.